The molecular formula is C19H17ClN2OS. The van der Waals surface area contributed by atoms with Crippen LogP contribution in [0.4, 0.5) is 5.82 Å². The van der Waals surface area contributed by atoms with Gasteiger partial charge < -0.3 is 10.0 Å². The number of nitrogens with zero attached hydrogens (tertiary/aromatic N) is 2. The van der Waals surface area contributed by atoms with E-state index in [1.165, 1.54) is 11.1 Å². The number of hydrogen-bond donors (Lipinski definition) is 1. The number of halogens is 1. The number of rotatable bonds is 1. The van der Waals surface area contributed by atoms with Crippen molar-refractivity contribution in [2.45, 2.75) is 18.4 Å². The summed E-state index contributed by atoms with van der Waals surface area (Å²) in [5.74, 6) is 2.16. The standard InChI is InChI=1S/C19H17ClN2OS/c1-12-2-5-17-15(8-12)16(20)10-19(21-17)22-6-7-24-18-9-14(23)4-3-13(18)11-22/h2-5,8-10,23H,6-7,11H2,1H3. The molecule has 0 saturated heterocycles. The number of anilines is 1. The molecule has 2 heterocycles. The zero-order valence-electron chi connectivity index (χ0n) is 13.3. The average Bonchev–Trinajstić information content (AvgIpc) is 2.77. The van der Waals surface area contributed by atoms with Gasteiger partial charge in [-0.15, -0.1) is 11.8 Å². The lowest BCUT2D eigenvalue weighted by atomic mass is 10.1. The minimum atomic E-state index is 0.317. The second-order valence-electron chi connectivity index (χ2n) is 6.04. The number of phenolic OH excluding ortho intramolecular Hbond substituents is 1. The van der Waals surface area contributed by atoms with Crippen LogP contribution in [0.2, 0.25) is 5.02 Å². The van der Waals surface area contributed by atoms with Crippen LogP contribution in [0.1, 0.15) is 11.1 Å². The summed E-state index contributed by atoms with van der Waals surface area (Å²) < 4.78 is 0. The van der Waals surface area contributed by atoms with Crippen molar-refractivity contribution in [1.82, 2.24) is 4.98 Å². The lowest BCUT2D eigenvalue weighted by Gasteiger charge is -2.22. The highest BCUT2D eigenvalue weighted by atomic mass is 35.5. The summed E-state index contributed by atoms with van der Waals surface area (Å²) in [6, 6.07) is 13.7. The summed E-state index contributed by atoms with van der Waals surface area (Å²) in [6.45, 7) is 3.71. The Kier molecular flexibility index (Phi) is 4.02. The van der Waals surface area contributed by atoms with Crippen molar-refractivity contribution >= 4 is 40.1 Å². The van der Waals surface area contributed by atoms with Crippen LogP contribution in [-0.4, -0.2) is 22.4 Å². The second-order valence-corrected chi connectivity index (χ2v) is 7.59. The topological polar surface area (TPSA) is 36.4 Å². The van der Waals surface area contributed by atoms with Gasteiger partial charge in [0, 0.05) is 29.1 Å². The Hall–Kier alpha value is -1.91. The van der Waals surface area contributed by atoms with Crippen LogP contribution in [0, 0.1) is 6.92 Å². The lowest BCUT2D eigenvalue weighted by molar-refractivity contribution is 0.473. The van der Waals surface area contributed by atoms with Crippen molar-refractivity contribution in [2.24, 2.45) is 0 Å². The molecule has 3 nitrogen and oxygen atoms in total. The van der Waals surface area contributed by atoms with Gasteiger partial charge in [-0.3, -0.25) is 0 Å². The molecule has 122 valence electrons. The Morgan fingerprint density at radius 1 is 1.17 bits per heavy atom. The molecule has 1 aliphatic heterocycles. The van der Waals surface area contributed by atoms with Crippen LogP contribution >= 0.6 is 23.4 Å². The minimum absolute atomic E-state index is 0.317. The van der Waals surface area contributed by atoms with E-state index in [-0.39, 0.29) is 0 Å². The van der Waals surface area contributed by atoms with E-state index in [1.807, 2.05) is 24.3 Å². The fraction of sp³-hybridized carbons (Fsp3) is 0.211. The maximum Gasteiger partial charge on any atom is 0.131 e. The van der Waals surface area contributed by atoms with Gasteiger partial charge >= 0.3 is 0 Å². The van der Waals surface area contributed by atoms with Gasteiger partial charge in [0.2, 0.25) is 0 Å². The van der Waals surface area contributed by atoms with Crippen molar-refractivity contribution < 1.29 is 5.11 Å². The molecule has 4 rings (SSSR count). The first-order valence-corrected chi connectivity index (χ1v) is 9.23. The molecule has 0 bridgehead atoms. The van der Waals surface area contributed by atoms with Gasteiger partial charge in [-0.05, 0) is 42.8 Å². The number of pyridine rings is 1. The summed E-state index contributed by atoms with van der Waals surface area (Å²) in [7, 11) is 0. The van der Waals surface area contributed by atoms with E-state index >= 15 is 0 Å². The first-order chi connectivity index (χ1) is 11.6. The zero-order valence-corrected chi connectivity index (χ0v) is 14.9. The number of aryl methyl sites for hydroxylation is 1. The van der Waals surface area contributed by atoms with E-state index in [2.05, 4.69) is 24.0 Å². The van der Waals surface area contributed by atoms with Gasteiger partial charge in [0.1, 0.15) is 11.6 Å². The Morgan fingerprint density at radius 2 is 2.04 bits per heavy atom. The summed E-state index contributed by atoms with van der Waals surface area (Å²) in [5.41, 5.74) is 3.31. The van der Waals surface area contributed by atoms with Crippen molar-refractivity contribution in [3.63, 3.8) is 0 Å². The summed E-state index contributed by atoms with van der Waals surface area (Å²) in [5, 5.41) is 11.4. The van der Waals surface area contributed by atoms with Crippen LogP contribution in [0.15, 0.2) is 47.4 Å². The van der Waals surface area contributed by atoms with Crippen molar-refractivity contribution in [3.8, 4) is 5.75 Å². The molecule has 0 spiro atoms. The summed E-state index contributed by atoms with van der Waals surface area (Å²) >= 11 is 8.28. The van der Waals surface area contributed by atoms with E-state index in [0.717, 1.165) is 45.5 Å². The quantitative estimate of drug-likeness (QED) is 0.664. The van der Waals surface area contributed by atoms with E-state index in [9.17, 15) is 5.11 Å². The van der Waals surface area contributed by atoms with Crippen LogP contribution in [-0.2, 0) is 6.54 Å². The third-order valence-corrected chi connectivity index (χ3v) is 5.65. The lowest BCUT2D eigenvalue weighted by Crippen LogP contribution is -2.24. The molecule has 2 aromatic carbocycles. The number of thioether (sulfide) groups is 1. The van der Waals surface area contributed by atoms with E-state index in [0.29, 0.717) is 5.75 Å². The smallest absolute Gasteiger partial charge is 0.131 e. The van der Waals surface area contributed by atoms with Crippen LogP contribution in [0.25, 0.3) is 10.9 Å². The van der Waals surface area contributed by atoms with E-state index in [1.54, 1.807) is 17.8 Å². The van der Waals surface area contributed by atoms with Gasteiger partial charge in [0.25, 0.3) is 0 Å². The third-order valence-electron chi connectivity index (χ3n) is 4.25. The molecule has 0 saturated carbocycles. The van der Waals surface area contributed by atoms with Gasteiger partial charge in [0.05, 0.1) is 10.5 Å². The molecule has 0 fully saturated rings. The number of hydrogen-bond acceptors (Lipinski definition) is 4. The molecule has 0 atom stereocenters. The molecule has 0 amide bonds. The van der Waals surface area contributed by atoms with E-state index in [4.69, 9.17) is 16.6 Å². The fourth-order valence-corrected chi connectivity index (χ4v) is 4.30. The highest BCUT2D eigenvalue weighted by Crippen LogP contribution is 2.34. The fourth-order valence-electron chi connectivity index (χ4n) is 3.00. The molecule has 5 heteroatoms. The van der Waals surface area contributed by atoms with Crippen LogP contribution in [0.5, 0.6) is 5.75 Å². The number of aromatic nitrogens is 1. The molecule has 24 heavy (non-hydrogen) atoms. The molecule has 0 radical (unpaired) electrons. The first kappa shape index (κ1) is 15.6. The number of benzene rings is 2. The minimum Gasteiger partial charge on any atom is -0.508 e. The average molecular weight is 357 g/mol. The Bertz CT molecular complexity index is 929. The van der Waals surface area contributed by atoms with Crippen LogP contribution < -0.4 is 4.90 Å². The number of fused-ring (bicyclic) bond motifs is 2. The van der Waals surface area contributed by atoms with Gasteiger partial charge in [0.15, 0.2) is 0 Å². The molecule has 1 aliphatic rings. The van der Waals surface area contributed by atoms with Crippen molar-refractivity contribution in [1.29, 1.82) is 0 Å². The normalized spacial score (nSPS) is 14.5. The molecule has 0 aliphatic carbocycles. The van der Waals surface area contributed by atoms with Gasteiger partial charge in [-0.2, -0.15) is 0 Å². The second kappa shape index (κ2) is 6.19. The number of phenols is 1. The molecule has 1 N–H and O–H groups in total. The predicted molar refractivity (Wildman–Crippen MR) is 101 cm³/mol. The largest absolute Gasteiger partial charge is 0.508 e. The maximum absolute atomic E-state index is 9.68. The highest BCUT2D eigenvalue weighted by molar-refractivity contribution is 7.99. The van der Waals surface area contributed by atoms with E-state index < -0.39 is 0 Å². The molecular weight excluding hydrogens is 340 g/mol. The number of aromatic hydroxyl groups is 1. The Morgan fingerprint density at radius 3 is 2.92 bits per heavy atom. The highest BCUT2D eigenvalue weighted by Gasteiger charge is 2.18. The van der Waals surface area contributed by atoms with Gasteiger partial charge in [-0.25, -0.2) is 4.98 Å². The maximum atomic E-state index is 9.68. The molecule has 0 unspecified atom stereocenters. The zero-order chi connectivity index (χ0) is 16.7. The monoisotopic (exact) mass is 356 g/mol. The Labute approximate surface area is 150 Å². The predicted octanol–water partition coefficient (Wildman–Crippen LogP) is 5.01. The summed E-state index contributed by atoms with van der Waals surface area (Å²) in [4.78, 5) is 8.21. The SMILES string of the molecule is Cc1ccc2nc(N3CCSc4cc(O)ccc4C3)cc(Cl)c2c1. The molecule has 3 aromatic rings. The Balaban J connectivity index is 1.74. The van der Waals surface area contributed by atoms with Gasteiger partial charge in [-0.1, -0.05) is 29.3 Å². The molecule has 1 aromatic heterocycles. The first-order valence-electron chi connectivity index (χ1n) is 7.87. The van der Waals surface area contributed by atoms with Crippen LogP contribution in [0.3, 0.4) is 0 Å². The summed E-state index contributed by atoms with van der Waals surface area (Å²) in [6.07, 6.45) is 0. The van der Waals surface area contributed by atoms with Crippen molar-refractivity contribution in [2.75, 3.05) is 17.2 Å². The van der Waals surface area contributed by atoms with Crippen molar-refractivity contribution in [3.05, 3.63) is 58.6 Å². The third kappa shape index (κ3) is 2.92.